The Morgan fingerprint density at radius 3 is 1.88 bits per heavy atom. The summed E-state index contributed by atoms with van der Waals surface area (Å²) < 4.78 is 0. The van der Waals surface area contributed by atoms with Crippen LogP contribution in [0.2, 0.25) is 0 Å². The second-order valence-electron chi connectivity index (χ2n) is 9.89. The quantitative estimate of drug-likeness (QED) is 0.131. The van der Waals surface area contributed by atoms with Crippen LogP contribution in [0.15, 0.2) is 91.3 Å². The minimum absolute atomic E-state index is 0.0973. The first-order valence-electron chi connectivity index (χ1n) is 13.5. The van der Waals surface area contributed by atoms with E-state index in [4.69, 9.17) is 14.8 Å². The highest BCUT2D eigenvalue weighted by Gasteiger charge is 2.32. The van der Waals surface area contributed by atoms with Crippen LogP contribution < -0.4 is 0 Å². The maximum Gasteiger partial charge on any atom is 0.333 e. The van der Waals surface area contributed by atoms with Crippen LogP contribution in [0, 0.1) is 0 Å². The van der Waals surface area contributed by atoms with Crippen molar-refractivity contribution >= 4 is 39.6 Å². The first-order chi connectivity index (χ1) is 19.6. The molecule has 7 heteroatoms. The number of unbranched alkanes of at least 4 members (excludes halogenated alkanes) is 1. The number of hydrogen-bond donors (Lipinski definition) is 0. The molecule has 0 spiro atoms. The molecule has 1 saturated heterocycles. The van der Waals surface area contributed by atoms with Crippen molar-refractivity contribution in [3.8, 4) is 22.3 Å². The second kappa shape index (κ2) is 11.1. The van der Waals surface area contributed by atoms with E-state index in [0.29, 0.717) is 11.5 Å². The minimum Gasteiger partial charge on any atom is -0.330 e. The molecule has 0 saturated carbocycles. The van der Waals surface area contributed by atoms with Gasteiger partial charge in [0.2, 0.25) is 0 Å². The average Bonchev–Trinajstić information content (AvgIpc) is 3.31. The van der Waals surface area contributed by atoms with Crippen molar-refractivity contribution in [2.45, 2.75) is 38.5 Å². The Morgan fingerprint density at radius 1 is 0.700 bits per heavy atom. The molecule has 0 N–H and O–H groups in total. The summed E-state index contributed by atoms with van der Waals surface area (Å²) >= 11 is 0. The molecule has 2 amide bonds. The van der Waals surface area contributed by atoms with Gasteiger partial charge in [-0.3, -0.25) is 19.6 Å². The average molecular weight is 530 g/mol. The fraction of sp³-hybridized carbons (Fsp3) is 0.182. The molecule has 7 nitrogen and oxygen atoms in total. The van der Waals surface area contributed by atoms with Crippen LogP contribution in [-0.4, -0.2) is 32.8 Å². The van der Waals surface area contributed by atoms with Crippen molar-refractivity contribution in [3.63, 3.8) is 0 Å². The molecule has 3 heterocycles. The molecule has 1 aliphatic rings. The summed E-state index contributed by atoms with van der Waals surface area (Å²) in [7, 11) is 0. The van der Waals surface area contributed by atoms with Gasteiger partial charge >= 0.3 is 5.97 Å². The summed E-state index contributed by atoms with van der Waals surface area (Å²) in [4.78, 5) is 49.5. The highest BCUT2D eigenvalue weighted by Crippen LogP contribution is 2.35. The molecule has 0 aliphatic carbocycles. The van der Waals surface area contributed by atoms with Crippen molar-refractivity contribution in [1.29, 1.82) is 0 Å². The summed E-state index contributed by atoms with van der Waals surface area (Å²) in [6, 6.07) is 27.1. The largest absolute Gasteiger partial charge is 0.333 e. The Morgan fingerprint density at radius 2 is 1.27 bits per heavy atom. The second-order valence-corrected chi connectivity index (χ2v) is 9.89. The molecule has 3 aromatic carbocycles. The normalized spacial score (nSPS) is 13.3. The number of fused-ring (bicyclic) bond motifs is 3. The van der Waals surface area contributed by atoms with Crippen LogP contribution in [0.25, 0.3) is 44.1 Å². The number of benzene rings is 3. The standard InChI is InChI=1S/C33H27N3O4/c37-29-16-17-30(38)36(29)40-31(39)9-5-4-6-22-10-12-24(13-11-22)26-19-21-35-33-28(26)15-14-27-25(18-20-34-32(27)33)23-7-2-1-3-8-23/h1-3,7-8,10-15,18-21H,4-6,9,16-17H2. The monoisotopic (exact) mass is 529 g/mol. The molecule has 40 heavy (non-hydrogen) atoms. The lowest BCUT2D eigenvalue weighted by atomic mass is 9.96. The number of carbonyl (C=O) groups is 3. The molecular formula is C33H27N3O4. The fourth-order valence-electron chi connectivity index (χ4n) is 5.20. The van der Waals surface area contributed by atoms with E-state index in [-0.39, 0.29) is 19.3 Å². The van der Waals surface area contributed by atoms with Crippen LogP contribution >= 0.6 is 0 Å². The van der Waals surface area contributed by atoms with E-state index >= 15 is 0 Å². The van der Waals surface area contributed by atoms with Crippen LogP contribution in [-0.2, 0) is 25.6 Å². The van der Waals surface area contributed by atoms with E-state index in [1.165, 1.54) is 5.56 Å². The van der Waals surface area contributed by atoms with E-state index < -0.39 is 17.8 Å². The summed E-state index contributed by atoms with van der Waals surface area (Å²) in [5, 5.41) is 2.72. The lowest BCUT2D eigenvalue weighted by Crippen LogP contribution is -2.31. The number of nitrogens with zero attached hydrogens (tertiary/aromatic N) is 3. The van der Waals surface area contributed by atoms with Gasteiger partial charge in [0, 0.05) is 42.4 Å². The highest BCUT2D eigenvalue weighted by molar-refractivity contribution is 6.11. The number of hydrogen-bond acceptors (Lipinski definition) is 6. The Hall–Kier alpha value is -4.91. The van der Waals surface area contributed by atoms with E-state index in [2.05, 4.69) is 48.5 Å². The van der Waals surface area contributed by atoms with E-state index in [0.717, 1.165) is 56.9 Å². The number of amides is 2. The zero-order chi connectivity index (χ0) is 27.5. The smallest absolute Gasteiger partial charge is 0.330 e. The van der Waals surface area contributed by atoms with Gasteiger partial charge in [0.1, 0.15) is 0 Å². The summed E-state index contributed by atoms with van der Waals surface area (Å²) in [5.41, 5.74) is 7.40. The van der Waals surface area contributed by atoms with Crippen molar-refractivity contribution < 1.29 is 19.2 Å². The Bertz CT molecular complexity index is 1720. The molecular weight excluding hydrogens is 502 g/mol. The number of hydroxylamine groups is 2. The third-order valence-corrected chi connectivity index (χ3v) is 7.27. The first-order valence-corrected chi connectivity index (χ1v) is 13.5. The van der Waals surface area contributed by atoms with Crippen molar-refractivity contribution in [3.05, 3.63) is 96.8 Å². The molecule has 0 atom stereocenters. The molecule has 0 unspecified atom stereocenters. The minimum atomic E-state index is -0.554. The van der Waals surface area contributed by atoms with Gasteiger partial charge in [0.25, 0.3) is 11.8 Å². The van der Waals surface area contributed by atoms with Crippen LogP contribution in [0.1, 0.15) is 37.7 Å². The number of carbonyl (C=O) groups excluding carboxylic acids is 3. The van der Waals surface area contributed by atoms with Gasteiger partial charge in [-0.25, -0.2) is 4.79 Å². The van der Waals surface area contributed by atoms with E-state index in [1.807, 2.05) is 42.7 Å². The van der Waals surface area contributed by atoms with Gasteiger partial charge < -0.3 is 4.84 Å². The number of aromatic nitrogens is 2. The van der Waals surface area contributed by atoms with E-state index in [1.54, 1.807) is 0 Å². The lowest BCUT2D eigenvalue weighted by Gasteiger charge is -2.12. The van der Waals surface area contributed by atoms with Crippen molar-refractivity contribution in [1.82, 2.24) is 15.0 Å². The summed E-state index contributed by atoms with van der Waals surface area (Å²) in [6.45, 7) is 0. The predicted molar refractivity (Wildman–Crippen MR) is 153 cm³/mol. The molecule has 0 bridgehead atoms. The number of aryl methyl sites for hydroxylation is 1. The third kappa shape index (κ3) is 5.06. The SMILES string of the molecule is O=C(CCCCc1ccc(-c2ccnc3c2ccc2c(-c4ccccc4)ccnc23)cc1)ON1C(=O)CCC1=O. The summed E-state index contributed by atoms with van der Waals surface area (Å²) in [5.74, 6) is -1.47. The zero-order valence-electron chi connectivity index (χ0n) is 21.9. The van der Waals surface area contributed by atoms with Gasteiger partial charge in [0.05, 0.1) is 11.0 Å². The van der Waals surface area contributed by atoms with Crippen LogP contribution in [0.3, 0.4) is 0 Å². The maximum absolute atomic E-state index is 12.0. The Kier molecular flexibility index (Phi) is 7.02. The third-order valence-electron chi connectivity index (χ3n) is 7.27. The van der Waals surface area contributed by atoms with Crippen molar-refractivity contribution in [2.24, 2.45) is 0 Å². The van der Waals surface area contributed by atoms with Gasteiger partial charge in [-0.2, -0.15) is 0 Å². The molecule has 5 aromatic rings. The van der Waals surface area contributed by atoms with Crippen LogP contribution in [0.5, 0.6) is 0 Å². The number of pyridine rings is 2. The number of rotatable bonds is 8. The fourth-order valence-corrected chi connectivity index (χ4v) is 5.20. The van der Waals surface area contributed by atoms with Gasteiger partial charge in [-0.05, 0) is 59.2 Å². The Balaban J connectivity index is 1.15. The van der Waals surface area contributed by atoms with Crippen molar-refractivity contribution in [2.75, 3.05) is 0 Å². The van der Waals surface area contributed by atoms with Gasteiger partial charge in [0.15, 0.2) is 0 Å². The molecule has 1 aliphatic heterocycles. The topological polar surface area (TPSA) is 89.5 Å². The van der Waals surface area contributed by atoms with Crippen LogP contribution in [0.4, 0.5) is 0 Å². The molecule has 2 aromatic heterocycles. The lowest BCUT2D eigenvalue weighted by molar-refractivity contribution is -0.197. The molecule has 0 radical (unpaired) electrons. The predicted octanol–water partition coefficient (Wildman–Crippen LogP) is 6.44. The zero-order valence-corrected chi connectivity index (χ0v) is 21.9. The summed E-state index contributed by atoms with van der Waals surface area (Å²) in [6.07, 6.45) is 6.24. The molecule has 1 fully saturated rings. The number of imide groups is 1. The first kappa shape index (κ1) is 25.4. The Labute approximate surface area is 231 Å². The van der Waals surface area contributed by atoms with Gasteiger partial charge in [-0.1, -0.05) is 66.7 Å². The molecule has 198 valence electrons. The maximum atomic E-state index is 12.0. The van der Waals surface area contributed by atoms with E-state index in [9.17, 15) is 14.4 Å². The highest BCUT2D eigenvalue weighted by atomic mass is 16.7. The molecule has 6 rings (SSSR count). The van der Waals surface area contributed by atoms with Gasteiger partial charge in [-0.15, -0.1) is 5.06 Å².